The topological polar surface area (TPSA) is 83.5 Å². The molecule has 0 aliphatic rings. The molecule has 1 aromatic rings. The lowest BCUT2D eigenvalue weighted by atomic mass is 9.75. The number of carbonyl (C=O) groups is 1. The SMILES string of the molecule is Cc1cc(S(=O)(=O)NC(C)(C)C(C)(C)C(=O)O)ccc1Br. The number of halogens is 1. The summed E-state index contributed by atoms with van der Waals surface area (Å²) >= 11 is 3.32. The highest BCUT2D eigenvalue weighted by molar-refractivity contribution is 9.10. The van der Waals surface area contributed by atoms with E-state index in [2.05, 4.69) is 20.7 Å². The maximum atomic E-state index is 12.5. The van der Waals surface area contributed by atoms with Crippen LogP contribution < -0.4 is 4.72 Å². The van der Waals surface area contributed by atoms with Gasteiger partial charge in [0.1, 0.15) is 0 Å². The molecule has 1 rings (SSSR count). The Morgan fingerprint density at radius 2 is 1.76 bits per heavy atom. The first-order valence-electron chi connectivity index (χ1n) is 6.35. The van der Waals surface area contributed by atoms with Crippen molar-refractivity contribution in [2.75, 3.05) is 0 Å². The van der Waals surface area contributed by atoms with Gasteiger partial charge in [-0.05, 0) is 58.4 Å². The zero-order valence-corrected chi connectivity index (χ0v) is 15.1. The lowest BCUT2D eigenvalue weighted by Gasteiger charge is -2.38. The van der Waals surface area contributed by atoms with Gasteiger partial charge in [0.25, 0.3) is 0 Å². The number of hydrogen-bond acceptors (Lipinski definition) is 3. The predicted octanol–water partition coefficient (Wildman–Crippen LogP) is 2.93. The number of carboxylic acids is 1. The normalized spacial score (nSPS) is 13.2. The van der Waals surface area contributed by atoms with Crippen LogP contribution in [0.1, 0.15) is 33.3 Å². The van der Waals surface area contributed by atoms with Crippen LogP contribution in [0.2, 0.25) is 0 Å². The van der Waals surface area contributed by atoms with Crippen LogP contribution in [0.5, 0.6) is 0 Å². The van der Waals surface area contributed by atoms with Crippen LogP contribution in [0, 0.1) is 12.3 Å². The third kappa shape index (κ3) is 3.64. The van der Waals surface area contributed by atoms with Crippen molar-refractivity contribution >= 4 is 31.9 Å². The second-order valence-corrected chi connectivity index (χ2v) is 8.61. The lowest BCUT2D eigenvalue weighted by molar-refractivity contribution is -0.150. The molecule has 2 N–H and O–H groups in total. The molecule has 0 fully saturated rings. The van der Waals surface area contributed by atoms with E-state index in [0.717, 1.165) is 10.0 Å². The fraction of sp³-hybridized carbons (Fsp3) is 0.500. The minimum atomic E-state index is -3.81. The Balaban J connectivity index is 3.21. The molecule has 0 aliphatic carbocycles. The molecule has 0 atom stereocenters. The fourth-order valence-electron chi connectivity index (χ4n) is 1.57. The number of nitrogens with one attached hydrogen (secondary N) is 1. The van der Waals surface area contributed by atoms with Crippen molar-refractivity contribution in [3.05, 3.63) is 28.2 Å². The third-order valence-electron chi connectivity index (χ3n) is 3.93. The summed E-state index contributed by atoms with van der Waals surface area (Å²) in [5.41, 5.74) is -1.63. The number of aliphatic carboxylic acids is 1. The van der Waals surface area contributed by atoms with E-state index in [9.17, 15) is 18.3 Å². The first-order valence-corrected chi connectivity index (χ1v) is 8.62. The van der Waals surface area contributed by atoms with Gasteiger partial charge in [0.15, 0.2) is 0 Å². The minimum Gasteiger partial charge on any atom is -0.481 e. The van der Waals surface area contributed by atoms with Crippen molar-refractivity contribution in [2.24, 2.45) is 5.41 Å². The highest BCUT2D eigenvalue weighted by atomic mass is 79.9. The van der Waals surface area contributed by atoms with Crippen LogP contribution in [0.4, 0.5) is 0 Å². The Morgan fingerprint density at radius 3 is 2.19 bits per heavy atom. The first kappa shape index (κ1) is 18.1. The summed E-state index contributed by atoms with van der Waals surface area (Å²) in [6, 6.07) is 4.67. The standard InChI is InChI=1S/C14H20BrNO4S/c1-9-8-10(6-7-11(9)15)21(19,20)16-14(4,5)13(2,3)12(17)18/h6-8,16H,1-5H3,(H,17,18). The Bertz CT molecular complexity index is 666. The second-order valence-electron chi connectivity index (χ2n) is 6.07. The molecule has 118 valence electrons. The predicted molar refractivity (Wildman–Crippen MR) is 84.7 cm³/mol. The van der Waals surface area contributed by atoms with Crippen LogP contribution in [0.3, 0.4) is 0 Å². The molecule has 1 aromatic carbocycles. The van der Waals surface area contributed by atoms with Gasteiger partial charge in [0.2, 0.25) is 10.0 Å². The molecular weight excluding hydrogens is 358 g/mol. The van der Waals surface area contributed by atoms with Gasteiger partial charge in [-0.3, -0.25) is 4.79 Å². The van der Waals surface area contributed by atoms with Crippen LogP contribution in [-0.2, 0) is 14.8 Å². The lowest BCUT2D eigenvalue weighted by Crippen LogP contribution is -2.56. The Kier molecular flexibility index (Phi) is 4.92. The van der Waals surface area contributed by atoms with Gasteiger partial charge in [0.05, 0.1) is 10.3 Å². The summed E-state index contributed by atoms with van der Waals surface area (Å²) in [4.78, 5) is 11.5. The Labute approximate surface area is 133 Å². The van der Waals surface area contributed by atoms with E-state index in [1.165, 1.54) is 26.0 Å². The maximum absolute atomic E-state index is 12.5. The van der Waals surface area contributed by atoms with E-state index in [-0.39, 0.29) is 4.90 Å². The molecule has 0 saturated carbocycles. The molecule has 0 amide bonds. The van der Waals surface area contributed by atoms with Crippen LogP contribution in [0.25, 0.3) is 0 Å². The van der Waals surface area contributed by atoms with Crippen LogP contribution in [-0.4, -0.2) is 25.0 Å². The van der Waals surface area contributed by atoms with Crippen molar-refractivity contribution in [2.45, 2.75) is 45.1 Å². The number of benzene rings is 1. The molecule has 0 saturated heterocycles. The van der Waals surface area contributed by atoms with Gasteiger partial charge in [-0.25, -0.2) is 13.1 Å². The van der Waals surface area contributed by atoms with E-state index < -0.39 is 26.9 Å². The molecule has 0 aliphatic heterocycles. The van der Waals surface area contributed by atoms with Crippen LogP contribution >= 0.6 is 15.9 Å². The van der Waals surface area contributed by atoms with Crippen molar-refractivity contribution in [1.29, 1.82) is 0 Å². The van der Waals surface area contributed by atoms with Gasteiger partial charge in [0, 0.05) is 10.0 Å². The number of sulfonamides is 1. The molecule has 7 heteroatoms. The van der Waals surface area contributed by atoms with Gasteiger partial charge >= 0.3 is 5.97 Å². The fourth-order valence-corrected chi connectivity index (χ4v) is 3.44. The summed E-state index contributed by atoms with van der Waals surface area (Å²) in [6.45, 7) is 7.89. The highest BCUT2D eigenvalue weighted by Gasteiger charge is 2.45. The molecule has 0 aromatic heterocycles. The summed E-state index contributed by atoms with van der Waals surface area (Å²) in [6.07, 6.45) is 0. The highest BCUT2D eigenvalue weighted by Crippen LogP contribution is 2.32. The Hall–Kier alpha value is -0.920. The minimum absolute atomic E-state index is 0.109. The smallest absolute Gasteiger partial charge is 0.310 e. The van der Waals surface area contributed by atoms with E-state index in [4.69, 9.17) is 0 Å². The molecule has 0 spiro atoms. The number of aryl methyl sites for hydroxylation is 1. The van der Waals surface area contributed by atoms with E-state index in [1.807, 2.05) is 0 Å². The number of hydrogen-bond donors (Lipinski definition) is 2. The summed E-state index contributed by atoms with van der Waals surface area (Å²) < 4.78 is 28.2. The van der Waals surface area contributed by atoms with Crippen molar-refractivity contribution < 1.29 is 18.3 Å². The van der Waals surface area contributed by atoms with E-state index in [1.54, 1.807) is 26.8 Å². The summed E-state index contributed by atoms with van der Waals surface area (Å²) in [7, 11) is -3.81. The molecule has 5 nitrogen and oxygen atoms in total. The maximum Gasteiger partial charge on any atom is 0.310 e. The molecule has 0 bridgehead atoms. The monoisotopic (exact) mass is 377 g/mol. The average Bonchev–Trinajstić information content (AvgIpc) is 2.30. The molecule has 0 unspecified atom stereocenters. The zero-order chi connectivity index (χ0) is 16.6. The quantitative estimate of drug-likeness (QED) is 0.825. The van der Waals surface area contributed by atoms with Crippen molar-refractivity contribution in [1.82, 2.24) is 4.72 Å². The molecule has 21 heavy (non-hydrogen) atoms. The zero-order valence-electron chi connectivity index (χ0n) is 12.7. The van der Waals surface area contributed by atoms with Crippen LogP contribution in [0.15, 0.2) is 27.6 Å². The van der Waals surface area contributed by atoms with Crippen molar-refractivity contribution in [3.63, 3.8) is 0 Å². The average molecular weight is 378 g/mol. The largest absolute Gasteiger partial charge is 0.481 e. The van der Waals surface area contributed by atoms with E-state index >= 15 is 0 Å². The number of rotatable bonds is 5. The molecule has 0 heterocycles. The Morgan fingerprint density at radius 1 is 1.24 bits per heavy atom. The molecule has 0 radical (unpaired) electrons. The summed E-state index contributed by atoms with van der Waals surface area (Å²) in [5, 5.41) is 9.28. The van der Waals surface area contributed by atoms with Gasteiger partial charge in [-0.1, -0.05) is 15.9 Å². The van der Waals surface area contributed by atoms with Gasteiger partial charge in [-0.2, -0.15) is 0 Å². The van der Waals surface area contributed by atoms with Crippen molar-refractivity contribution in [3.8, 4) is 0 Å². The van der Waals surface area contributed by atoms with Gasteiger partial charge in [-0.15, -0.1) is 0 Å². The third-order valence-corrected chi connectivity index (χ3v) is 6.47. The van der Waals surface area contributed by atoms with E-state index in [0.29, 0.717) is 0 Å². The first-order chi connectivity index (χ1) is 9.31. The second kappa shape index (κ2) is 5.70. The molecular formula is C14H20BrNO4S. The number of carboxylic acid groups (broad SMARTS) is 1. The van der Waals surface area contributed by atoms with Gasteiger partial charge < -0.3 is 5.11 Å². The summed E-state index contributed by atoms with van der Waals surface area (Å²) in [5.74, 6) is -1.07.